The highest BCUT2D eigenvalue weighted by molar-refractivity contribution is 5.95. The molecule has 3 aromatic rings. The lowest BCUT2D eigenvalue weighted by molar-refractivity contribution is -0.149. The quantitative estimate of drug-likeness (QED) is 0.190. The lowest BCUT2D eigenvalue weighted by Gasteiger charge is -2.31. The van der Waals surface area contributed by atoms with Crippen molar-refractivity contribution in [3.8, 4) is 0 Å². The SMILES string of the molecule is CCOC(=O)C1CCCN(C(=O)c2cccc(CN=C(N)NC(C=O)(c3ccccc3)c3ccccc3)c2)C1. The number of piperidine rings is 1. The summed E-state index contributed by atoms with van der Waals surface area (Å²) >= 11 is 0. The number of hydrogen-bond acceptors (Lipinski definition) is 5. The molecule has 4 rings (SSSR count). The molecule has 1 amide bonds. The molecule has 1 atom stereocenters. The van der Waals surface area contributed by atoms with Gasteiger partial charge in [-0.2, -0.15) is 0 Å². The van der Waals surface area contributed by atoms with E-state index in [2.05, 4.69) is 10.3 Å². The van der Waals surface area contributed by atoms with Crippen LogP contribution in [0.15, 0.2) is 89.9 Å². The zero-order chi connectivity index (χ0) is 27.7. The highest BCUT2D eigenvalue weighted by Gasteiger charge is 2.35. The van der Waals surface area contributed by atoms with Crippen LogP contribution < -0.4 is 11.1 Å². The summed E-state index contributed by atoms with van der Waals surface area (Å²) in [5.41, 5.74) is 7.88. The normalized spacial score (nSPS) is 15.9. The number of nitrogens with two attached hydrogens (primary N) is 1. The maximum absolute atomic E-state index is 13.2. The molecule has 3 aromatic carbocycles. The van der Waals surface area contributed by atoms with Crippen molar-refractivity contribution in [1.29, 1.82) is 0 Å². The molecule has 8 heteroatoms. The minimum absolute atomic E-state index is 0.0971. The van der Waals surface area contributed by atoms with E-state index in [-0.39, 0.29) is 30.3 Å². The van der Waals surface area contributed by atoms with Crippen LogP contribution >= 0.6 is 0 Å². The number of amides is 1. The summed E-state index contributed by atoms with van der Waals surface area (Å²) in [5, 5.41) is 3.14. The Morgan fingerprint density at radius 3 is 2.33 bits per heavy atom. The van der Waals surface area contributed by atoms with Crippen molar-refractivity contribution in [3.63, 3.8) is 0 Å². The third-order valence-electron chi connectivity index (χ3n) is 6.89. The second-order valence-electron chi connectivity index (χ2n) is 9.53. The van der Waals surface area contributed by atoms with Gasteiger partial charge in [0.05, 0.1) is 19.1 Å². The van der Waals surface area contributed by atoms with E-state index in [1.165, 1.54) is 0 Å². The molecule has 0 bridgehead atoms. The largest absolute Gasteiger partial charge is 0.466 e. The van der Waals surface area contributed by atoms with Crippen LogP contribution in [0.5, 0.6) is 0 Å². The Bertz CT molecular complexity index is 1270. The fourth-order valence-corrected chi connectivity index (χ4v) is 4.90. The molecular weight excluding hydrogens is 492 g/mol. The van der Waals surface area contributed by atoms with E-state index in [1.807, 2.05) is 66.7 Å². The van der Waals surface area contributed by atoms with Crippen LogP contribution in [0.4, 0.5) is 0 Å². The molecule has 1 heterocycles. The van der Waals surface area contributed by atoms with E-state index in [0.717, 1.165) is 35.8 Å². The number of hydrogen-bond donors (Lipinski definition) is 2. The van der Waals surface area contributed by atoms with Gasteiger partial charge in [0.25, 0.3) is 5.91 Å². The van der Waals surface area contributed by atoms with Crippen molar-refractivity contribution < 1.29 is 19.1 Å². The first-order chi connectivity index (χ1) is 19.0. The van der Waals surface area contributed by atoms with Crippen LogP contribution in [0.2, 0.25) is 0 Å². The Kier molecular flexibility index (Phi) is 9.10. The fourth-order valence-electron chi connectivity index (χ4n) is 4.90. The molecule has 0 radical (unpaired) electrons. The second-order valence-corrected chi connectivity index (χ2v) is 9.53. The van der Waals surface area contributed by atoms with Gasteiger partial charge >= 0.3 is 5.97 Å². The average Bonchev–Trinajstić information content (AvgIpc) is 2.99. The fraction of sp³-hybridized carbons (Fsp3) is 0.290. The topological polar surface area (TPSA) is 114 Å². The molecule has 0 spiro atoms. The predicted molar refractivity (Wildman–Crippen MR) is 150 cm³/mol. The van der Waals surface area contributed by atoms with Gasteiger partial charge in [0.2, 0.25) is 0 Å². The molecule has 0 saturated carbocycles. The van der Waals surface area contributed by atoms with Crippen LogP contribution in [0.25, 0.3) is 0 Å². The summed E-state index contributed by atoms with van der Waals surface area (Å²) in [6.45, 7) is 3.27. The number of ether oxygens (including phenoxy) is 1. The number of aliphatic imine (C=N–C) groups is 1. The zero-order valence-corrected chi connectivity index (χ0v) is 22.1. The van der Waals surface area contributed by atoms with Gasteiger partial charge in [-0.05, 0) is 48.6 Å². The second kappa shape index (κ2) is 12.9. The first-order valence-electron chi connectivity index (χ1n) is 13.2. The lowest BCUT2D eigenvalue weighted by Crippen LogP contribution is -2.51. The number of esters is 1. The Labute approximate surface area is 228 Å². The Balaban J connectivity index is 1.49. The molecule has 1 unspecified atom stereocenters. The number of likely N-dealkylation sites (tertiary alicyclic amines) is 1. The highest BCUT2D eigenvalue weighted by Crippen LogP contribution is 2.27. The van der Waals surface area contributed by atoms with E-state index in [4.69, 9.17) is 10.5 Å². The summed E-state index contributed by atoms with van der Waals surface area (Å²) in [6, 6.07) is 25.9. The number of nitrogens with zero attached hydrogens (tertiary/aromatic N) is 2. The number of rotatable bonds is 9. The van der Waals surface area contributed by atoms with E-state index in [9.17, 15) is 14.4 Å². The maximum atomic E-state index is 13.2. The van der Waals surface area contributed by atoms with Crippen molar-refractivity contribution in [2.45, 2.75) is 31.8 Å². The van der Waals surface area contributed by atoms with E-state index >= 15 is 0 Å². The number of carbonyl (C=O) groups is 3. The molecule has 39 heavy (non-hydrogen) atoms. The molecule has 8 nitrogen and oxygen atoms in total. The molecule has 1 fully saturated rings. The van der Waals surface area contributed by atoms with Crippen molar-refractivity contribution in [2.75, 3.05) is 19.7 Å². The van der Waals surface area contributed by atoms with Crippen LogP contribution in [0.3, 0.4) is 0 Å². The van der Waals surface area contributed by atoms with Gasteiger partial charge in [0, 0.05) is 18.7 Å². The number of carbonyl (C=O) groups excluding carboxylic acids is 3. The van der Waals surface area contributed by atoms with E-state index in [1.54, 1.807) is 30.0 Å². The Morgan fingerprint density at radius 2 is 1.72 bits per heavy atom. The van der Waals surface area contributed by atoms with Gasteiger partial charge in [-0.1, -0.05) is 72.8 Å². The molecule has 1 aliphatic rings. The van der Waals surface area contributed by atoms with Gasteiger partial charge < -0.3 is 20.7 Å². The molecule has 1 aliphatic heterocycles. The standard InChI is InChI=1S/C31H34N4O4/c1-2-39-29(38)25-13-10-18-35(21-25)28(37)24-12-9-11-23(19-24)20-33-30(32)34-31(22-36,26-14-5-3-6-15-26)27-16-7-4-8-17-27/h3-9,11-12,14-17,19,22,25H,2,10,13,18,20-21H2,1H3,(H3,32,33,34). The van der Waals surface area contributed by atoms with E-state index in [0.29, 0.717) is 25.3 Å². The number of aldehydes is 1. The van der Waals surface area contributed by atoms with Gasteiger partial charge in [0.15, 0.2) is 12.2 Å². The summed E-state index contributed by atoms with van der Waals surface area (Å²) in [4.78, 5) is 44.2. The number of guanidine groups is 1. The Hall–Kier alpha value is -4.46. The van der Waals surface area contributed by atoms with Crippen molar-refractivity contribution >= 4 is 24.1 Å². The van der Waals surface area contributed by atoms with Gasteiger partial charge in [-0.3, -0.25) is 14.4 Å². The summed E-state index contributed by atoms with van der Waals surface area (Å²) in [7, 11) is 0. The monoisotopic (exact) mass is 526 g/mol. The van der Waals surface area contributed by atoms with Crippen LogP contribution in [-0.2, 0) is 26.4 Å². The summed E-state index contributed by atoms with van der Waals surface area (Å²) in [5.74, 6) is -0.582. The first kappa shape index (κ1) is 27.6. The van der Waals surface area contributed by atoms with Crippen molar-refractivity contribution in [1.82, 2.24) is 10.2 Å². The first-order valence-corrected chi connectivity index (χ1v) is 13.2. The van der Waals surface area contributed by atoms with E-state index < -0.39 is 5.54 Å². The highest BCUT2D eigenvalue weighted by atomic mass is 16.5. The zero-order valence-electron chi connectivity index (χ0n) is 22.1. The minimum Gasteiger partial charge on any atom is -0.466 e. The maximum Gasteiger partial charge on any atom is 0.310 e. The Morgan fingerprint density at radius 1 is 1.05 bits per heavy atom. The average molecular weight is 527 g/mol. The minimum atomic E-state index is -1.21. The van der Waals surface area contributed by atoms with Crippen LogP contribution in [0, 0.1) is 5.92 Å². The van der Waals surface area contributed by atoms with Gasteiger partial charge in [-0.15, -0.1) is 0 Å². The smallest absolute Gasteiger partial charge is 0.310 e. The molecule has 0 aromatic heterocycles. The molecular formula is C31H34N4O4. The number of nitrogens with one attached hydrogen (secondary N) is 1. The van der Waals surface area contributed by atoms with Crippen molar-refractivity contribution in [2.24, 2.45) is 16.6 Å². The van der Waals surface area contributed by atoms with Gasteiger partial charge in [0.1, 0.15) is 5.54 Å². The third-order valence-corrected chi connectivity index (χ3v) is 6.89. The van der Waals surface area contributed by atoms with Crippen molar-refractivity contribution in [3.05, 3.63) is 107 Å². The lowest BCUT2D eigenvalue weighted by atomic mass is 9.84. The number of benzene rings is 3. The molecule has 202 valence electrons. The van der Waals surface area contributed by atoms with Crippen LogP contribution in [0.1, 0.15) is 46.8 Å². The third kappa shape index (κ3) is 6.52. The predicted octanol–water partition coefficient (Wildman–Crippen LogP) is 3.65. The molecule has 3 N–H and O–H groups in total. The molecule has 0 aliphatic carbocycles. The van der Waals surface area contributed by atoms with Crippen LogP contribution in [-0.4, -0.2) is 48.7 Å². The van der Waals surface area contributed by atoms with Gasteiger partial charge in [-0.25, -0.2) is 4.99 Å². The summed E-state index contributed by atoms with van der Waals surface area (Å²) < 4.78 is 5.16. The molecule has 1 saturated heterocycles. The summed E-state index contributed by atoms with van der Waals surface area (Å²) in [6.07, 6.45) is 2.31.